The number of para-hydroxylation sites is 4. The second kappa shape index (κ2) is 24.0. The maximum Gasteiger partial charge on any atom is 0.139 e. The Morgan fingerprint density at radius 1 is 0.266 bits per heavy atom. The van der Waals surface area contributed by atoms with Gasteiger partial charge in [0.25, 0.3) is 0 Å². The average molecular weight is 1210 g/mol. The number of benzene rings is 13. The highest BCUT2D eigenvalue weighted by Crippen LogP contribution is 2.50. The van der Waals surface area contributed by atoms with E-state index in [9.17, 15) is 0 Å². The lowest BCUT2D eigenvalue weighted by Gasteiger charge is -2.33. The summed E-state index contributed by atoms with van der Waals surface area (Å²) in [7, 11) is 0. The van der Waals surface area contributed by atoms with Crippen LogP contribution >= 0.6 is 0 Å². The number of aromatic nitrogens is 3. The van der Waals surface area contributed by atoms with Crippen LogP contribution in [0.2, 0.25) is 0 Å². The van der Waals surface area contributed by atoms with Crippen LogP contribution in [0.25, 0.3) is 76.1 Å². The van der Waals surface area contributed by atoms with E-state index < -0.39 is 0 Å². The van der Waals surface area contributed by atoms with Crippen molar-refractivity contribution in [3.05, 3.63) is 351 Å². The van der Waals surface area contributed by atoms with E-state index in [0.717, 1.165) is 145 Å². The highest BCUT2D eigenvalue weighted by atomic mass is 15.3. The number of aliphatic imine (C=N–C) groups is 1. The molecule has 0 bridgehead atoms. The Morgan fingerprint density at radius 2 is 0.617 bits per heavy atom. The number of rotatable bonds is 14. The van der Waals surface area contributed by atoms with Gasteiger partial charge in [0.15, 0.2) is 0 Å². The lowest BCUT2D eigenvalue weighted by molar-refractivity contribution is 0.668. The van der Waals surface area contributed by atoms with Crippen molar-refractivity contribution in [1.29, 1.82) is 0 Å². The number of fused-ring (bicyclic) bond motifs is 6. The monoisotopic (exact) mass is 1200 g/mol. The first-order chi connectivity index (χ1) is 46.6. The molecule has 0 saturated carbocycles. The fraction of sp³-hybridized carbons (Fsp3) is 0.0233. The van der Waals surface area contributed by atoms with E-state index >= 15 is 0 Å². The van der Waals surface area contributed by atoms with Crippen molar-refractivity contribution in [3.63, 3.8) is 0 Å². The lowest BCUT2D eigenvalue weighted by Crippen LogP contribution is -2.34. The normalized spacial score (nSPS) is 12.7. The molecule has 0 saturated heterocycles. The molecule has 0 fully saturated rings. The number of anilines is 11. The van der Waals surface area contributed by atoms with Gasteiger partial charge in [-0.1, -0.05) is 206 Å². The van der Waals surface area contributed by atoms with Crippen LogP contribution in [0.15, 0.2) is 345 Å². The predicted octanol–water partition coefficient (Wildman–Crippen LogP) is 22.5. The molecule has 13 aromatic carbocycles. The molecule has 0 spiro atoms. The van der Waals surface area contributed by atoms with Crippen LogP contribution < -0.4 is 19.6 Å². The van der Waals surface area contributed by atoms with Gasteiger partial charge in [0.2, 0.25) is 0 Å². The number of hydrogen-bond donors (Lipinski definition) is 0. The van der Waals surface area contributed by atoms with E-state index in [-0.39, 0.29) is 6.17 Å². The molecule has 17 rings (SSSR count). The van der Waals surface area contributed by atoms with Crippen LogP contribution in [0.1, 0.15) is 11.1 Å². The van der Waals surface area contributed by atoms with Crippen molar-refractivity contribution in [2.45, 2.75) is 12.6 Å². The first-order valence-electron chi connectivity index (χ1n) is 31.9. The van der Waals surface area contributed by atoms with Gasteiger partial charge in [-0.15, -0.1) is 0 Å². The smallest absolute Gasteiger partial charge is 0.139 e. The van der Waals surface area contributed by atoms with E-state index in [4.69, 9.17) is 19.9 Å². The van der Waals surface area contributed by atoms with Crippen molar-refractivity contribution >= 4 is 123 Å². The molecular weight excluding hydrogens is 1150 g/mol. The lowest BCUT2D eigenvalue weighted by atomic mass is 9.85. The number of hydrogen-bond acceptors (Lipinski definition) is 8. The fourth-order valence-electron chi connectivity index (χ4n) is 13.7. The molecular formula is C86H60N8. The van der Waals surface area contributed by atoms with Crippen LogP contribution in [0.4, 0.5) is 63.0 Å². The van der Waals surface area contributed by atoms with E-state index in [1.54, 1.807) is 0 Å². The van der Waals surface area contributed by atoms with Crippen molar-refractivity contribution in [3.8, 4) is 22.3 Å². The van der Waals surface area contributed by atoms with Crippen molar-refractivity contribution < 1.29 is 0 Å². The maximum atomic E-state index is 5.37. The van der Waals surface area contributed by atoms with Gasteiger partial charge in [-0.3, -0.25) is 9.89 Å². The van der Waals surface area contributed by atoms with Gasteiger partial charge in [0.05, 0.1) is 0 Å². The van der Waals surface area contributed by atoms with Crippen LogP contribution in [-0.4, -0.2) is 27.3 Å². The van der Waals surface area contributed by atoms with Crippen molar-refractivity contribution in [1.82, 2.24) is 15.0 Å². The minimum Gasteiger partial charge on any atom is -0.311 e. The zero-order valence-electron chi connectivity index (χ0n) is 51.3. The summed E-state index contributed by atoms with van der Waals surface area (Å²) in [6, 6.07) is 115. The van der Waals surface area contributed by atoms with E-state index in [1.165, 1.54) is 5.56 Å². The third kappa shape index (κ3) is 10.3. The highest BCUT2D eigenvalue weighted by Gasteiger charge is 2.28. The molecule has 1 atom stereocenters. The Kier molecular flexibility index (Phi) is 14.2. The summed E-state index contributed by atoms with van der Waals surface area (Å²) in [4.78, 5) is 30.3. The molecule has 0 aliphatic carbocycles. The minimum absolute atomic E-state index is 0.295. The third-order valence-electron chi connectivity index (χ3n) is 18.2. The summed E-state index contributed by atoms with van der Waals surface area (Å²) in [6.07, 6.45) is 8.37. The largest absolute Gasteiger partial charge is 0.311 e. The summed E-state index contributed by atoms with van der Waals surface area (Å²) in [5, 5.41) is 10.8. The van der Waals surface area contributed by atoms with Gasteiger partial charge in [-0.25, -0.2) is 15.0 Å². The highest BCUT2D eigenvalue weighted by molar-refractivity contribution is 6.23. The summed E-state index contributed by atoms with van der Waals surface area (Å²) < 4.78 is 0. The third-order valence-corrected chi connectivity index (χ3v) is 18.2. The van der Waals surface area contributed by atoms with Crippen molar-refractivity contribution in [2.24, 2.45) is 4.99 Å². The zero-order chi connectivity index (χ0) is 62.3. The SMILES string of the molecule is C1=NC(N(c2ccc3c(-c4ccc(N(c5ccccc5)c5ccccc5)cc4)c4cc(N(c5cc6ccccc6cn5)c5cc6ccccc6cn5)ccc4c(-c4ccc(N(c5ccccc5)c5ccccc5)cc4)c3c2)c2cc3ccccc3cn2)Cc2ccccc21. The zero-order valence-corrected chi connectivity index (χ0v) is 51.3. The second-order valence-electron chi connectivity index (χ2n) is 23.9. The fourth-order valence-corrected chi connectivity index (χ4v) is 13.7. The van der Waals surface area contributed by atoms with Crippen LogP contribution in [0.3, 0.4) is 0 Å². The first kappa shape index (κ1) is 55.5. The van der Waals surface area contributed by atoms with E-state index in [1.807, 2.05) is 24.8 Å². The number of pyridine rings is 3. The number of nitrogens with zero attached hydrogens (tertiary/aromatic N) is 8. The summed E-state index contributed by atoms with van der Waals surface area (Å²) >= 11 is 0. The molecule has 3 aromatic heterocycles. The molecule has 1 aliphatic rings. The van der Waals surface area contributed by atoms with Gasteiger partial charge in [-0.2, -0.15) is 0 Å². The predicted molar refractivity (Wildman–Crippen MR) is 392 cm³/mol. The van der Waals surface area contributed by atoms with Gasteiger partial charge < -0.3 is 14.7 Å². The molecule has 1 unspecified atom stereocenters. The Morgan fingerprint density at radius 3 is 1.07 bits per heavy atom. The second-order valence-corrected chi connectivity index (χ2v) is 23.9. The molecule has 8 nitrogen and oxygen atoms in total. The molecule has 444 valence electrons. The maximum absolute atomic E-state index is 5.37. The molecule has 1 aliphatic heterocycles. The van der Waals surface area contributed by atoms with Crippen LogP contribution in [0.5, 0.6) is 0 Å². The quantitative estimate of drug-likeness (QED) is 0.101. The molecule has 94 heavy (non-hydrogen) atoms. The topological polar surface area (TPSA) is 64.0 Å². The Bertz CT molecular complexity index is 5330. The standard InChI is InChI=1S/C86H60N8/c1-5-29-69(30-6-1)91(70-31-7-2-8-32-70)73-41-37-59(38-42-73)85-77-47-45-76(94(83-51-63-23-15-19-27-67(63)57-89-83)84-52-64-24-16-20-28-68(64)58-90-84)54-80(77)86(60-39-43-74(44-40-60)92(71-33-9-3-10-34-71)72-35-11-4-12-36-72)78-48-46-75(53-79(78)85)93(81-49-61-21-13-17-25-65(61)55-87-81)82-50-62-22-14-18-26-66(62)56-88-82/h1-51,53-58,84H,52H2. The minimum atomic E-state index is -0.295. The first-order valence-corrected chi connectivity index (χ1v) is 31.9. The summed E-state index contributed by atoms with van der Waals surface area (Å²) in [6.45, 7) is 0. The Hall–Kier alpha value is -12.5. The molecule has 0 N–H and O–H groups in total. The van der Waals surface area contributed by atoms with Gasteiger partial charge >= 0.3 is 0 Å². The molecule has 0 radical (unpaired) electrons. The average Bonchev–Trinajstić information content (AvgIpc) is 0.726. The van der Waals surface area contributed by atoms with E-state index in [0.29, 0.717) is 6.42 Å². The van der Waals surface area contributed by atoms with E-state index in [2.05, 4.69) is 341 Å². The Labute approximate surface area is 545 Å². The summed E-state index contributed by atoms with van der Waals surface area (Å²) in [5.74, 6) is 2.33. The van der Waals surface area contributed by atoms with Crippen LogP contribution in [0, 0.1) is 0 Å². The molecule has 8 heteroatoms. The molecule has 0 amide bonds. The van der Waals surface area contributed by atoms with Gasteiger partial charge in [-0.05, 0) is 186 Å². The van der Waals surface area contributed by atoms with Gasteiger partial charge in [0, 0.05) is 92.9 Å². The molecule has 16 aromatic rings. The van der Waals surface area contributed by atoms with Crippen molar-refractivity contribution in [2.75, 3.05) is 19.6 Å². The summed E-state index contributed by atoms with van der Waals surface area (Å²) in [5.41, 5.74) is 15.0. The van der Waals surface area contributed by atoms with Gasteiger partial charge in [0.1, 0.15) is 23.6 Å². The Balaban J connectivity index is 0.940. The molecule has 4 heterocycles. The van der Waals surface area contributed by atoms with Crippen LogP contribution in [-0.2, 0) is 6.42 Å².